The molecule has 2 aromatic rings. The number of piperazine rings is 1. The molecule has 0 saturated carbocycles. The zero-order chi connectivity index (χ0) is 22.4. The number of hydrogen-bond acceptors (Lipinski definition) is 5. The van der Waals surface area contributed by atoms with Crippen LogP contribution in [0.3, 0.4) is 0 Å². The van der Waals surface area contributed by atoms with Gasteiger partial charge in [0, 0.05) is 31.7 Å². The number of benzene rings is 2. The minimum atomic E-state index is -3.36. The minimum absolute atomic E-state index is 0.0544. The molecule has 31 heavy (non-hydrogen) atoms. The third kappa shape index (κ3) is 6.29. The van der Waals surface area contributed by atoms with Crippen LogP contribution in [0.4, 0.5) is 0 Å². The van der Waals surface area contributed by atoms with E-state index in [9.17, 15) is 13.2 Å². The van der Waals surface area contributed by atoms with Crippen LogP contribution < -0.4 is 10.1 Å². The van der Waals surface area contributed by atoms with Gasteiger partial charge in [-0.3, -0.25) is 4.79 Å². The summed E-state index contributed by atoms with van der Waals surface area (Å²) in [4.78, 5) is 14.7. The van der Waals surface area contributed by atoms with Gasteiger partial charge in [-0.2, -0.15) is 4.31 Å². The van der Waals surface area contributed by atoms with Crippen molar-refractivity contribution in [2.45, 2.75) is 25.6 Å². The van der Waals surface area contributed by atoms with Crippen LogP contribution in [0.2, 0.25) is 0 Å². The van der Waals surface area contributed by atoms with Crippen molar-refractivity contribution in [3.63, 3.8) is 0 Å². The van der Waals surface area contributed by atoms with Gasteiger partial charge in [0.2, 0.25) is 10.0 Å². The predicted molar refractivity (Wildman–Crippen MR) is 122 cm³/mol. The quantitative estimate of drug-likeness (QED) is 0.676. The van der Waals surface area contributed by atoms with E-state index in [-0.39, 0.29) is 17.7 Å². The number of likely N-dealkylation sites (N-methyl/N-ethyl adjacent to an activating group) is 1. The Bertz CT molecular complexity index is 967. The lowest BCUT2D eigenvalue weighted by molar-refractivity contribution is 0.0940. The highest BCUT2D eigenvalue weighted by molar-refractivity contribution is 7.88. The highest BCUT2D eigenvalue weighted by atomic mass is 32.2. The van der Waals surface area contributed by atoms with Crippen LogP contribution in [0.1, 0.15) is 41.4 Å². The molecule has 1 N–H and O–H groups in total. The second kappa shape index (κ2) is 10.3. The minimum Gasteiger partial charge on any atom is -0.494 e. The Morgan fingerprint density at radius 3 is 2.23 bits per heavy atom. The number of ether oxygens (including phenoxy) is 1. The zero-order valence-corrected chi connectivity index (χ0v) is 19.2. The van der Waals surface area contributed by atoms with E-state index in [1.807, 2.05) is 45.2 Å². The van der Waals surface area contributed by atoms with E-state index < -0.39 is 10.0 Å². The molecular weight excluding hydrogens is 414 g/mol. The zero-order valence-electron chi connectivity index (χ0n) is 18.4. The second-order valence-corrected chi connectivity index (χ2v) is 9.82. The van der Waals surface area contributed by atoms with Gasteiger partial charge in [0.15, 0.2) is 0 Å². The Hall–Kier alpha value is -2.42. The average molecular weight is 446 g/mol. The second-order valence-electron chi connectivity index (χ2n) is 7.85. The summed E-state index contributed by atoms with van der Waals surface area (Å²) in [6.07, 6.45) is 0. The number of nitrogens with zero attached hydrogens (tertiary/aromatic N) is 2. The number of carbonyl (C=O) groups is 1. The summed E-state index contributed by atoms with van der Waals surface area (Å²) in [5, 5.41) is 2.98. The molecule has 2 aromatic carbocycles. The summed E-state index contributed by atoms with van der Waals surface area (Å²) >= 11 is 0. The molecule has 1 atom stereocenters. The van der Waals surface area contributed by atoms with E-state index in [1.54, 1.807) is 28.6 Å². The Balaban J connectivity index is 1.58. The van der Waals surface area contributed by atoms with Crippen LogP contribution in [0.15, 0.2) is 48.5 Å². The van der Waals surface area contributed by atoms with Gasteiger partial charge in [-0.05, 0) is 56.3 Å². The van der Waals surface area contributed by atoms with Gasteiger partial charge in [-0.15, -0.1) is 0 Å². The van der Waals surface area contributed by atoms with Crippen LogP contribution in [0, 0.1) is 0 Å². The van der Waals surface area contributed by atoms with E-state index in [0.29, 0.717) is 30.8 Å². The maximum atomic E-state index is 12.7. The van der Waals surface area contributed by atoms with Crippen molar-refractivity contribution in [3.8, 4) is 5.75 Å². The van der Waals surface area contributed by atoms with E-state index in [2.05, 4.69) is 10.2 Å². The number of nitrogens with one attached hydrogen (secondary N) is 1. The van der Waals surface area contributed by atoms with Crippen molar-refractivity contribution in [1.29, 1.82) is 0 Å². The average Bonchev–Trinajstić information content (AvgIpc) is 2.75. The molecule has 1 aliphatic heterocycles. The van der Waals surface area contributed by atoms with Crippen LogP contribution >= 0.6 is 0 Å². The van der Waals surface area contributed by atoms with Gasteiger partial charge < -0.3 is 15.0 Å². The molecule has 1 fully saturated rings. The van der Waals surface area contributed by atoms with Crippen LogP contribution in [0.25, 0.3) is 0 Å². The summed E-state index contributed by atoms with van der Waals surface area (Å²) < 4.78 is 32.3. The van der Waals surface area contributed by atoms with Crippen LogP contribution in [-0.2, 0) is 15.8 Å². The van der Waals surface area contributed by atoms with Crippen molar-refractivity contribution < 1.29 is 17.9 Å². The van der Waals surface area contributed by atoms with Crippen LogP contribution in [0.5, 0.6) is 5.75 Å². The SMILES string of the molecule is CCOc1ccc([C@@H](C)NC(=O)c2ccc(CS(=O)(=O)N3CCN(C)CC3)cc2)cc1. The normalized spacial score (nSPS) is 16.6. The first-order chi connectivity index (χ1) is 14.8. The molecule has 1 saturated heterocycles. The first-order valence-electron chi connectivity index (χ1n) is 10.6. The molecule has 8 heteroatoms. The van der Waals surface area contributed by atoms with Crippen molar-refractivity contribution in [3.05, 3.63) is 65.2 Å². The Morgan fingerprint density at radius 2 is 1.65 bits per heavy atom. The Kier molecular flexibility index (Phi) is 7.69. The molecule has 0 bridgehead atoms. The largest absolute Gasteiger partial charge is 0.494 e. The first-order valence-corrected chi connectivity index (χ1v) is 12.2. The number of sulfonamides is 1. The standard InChI is InChI=1S/C23H31N3O4S/c1-4-30-22-11-9-20(10-12-22)18(2)24-23(27)21-7-5-19(6-8-21)17-31(28,29)26-15-13-25(3)14-16-26/h5-12,18H,4,13-17H2,1-3H3,(H,24,27)/t18-/m1/s1. The van der Waals surface area contributed by atoms with Gasteiger partial charge in [-0.1, -0.05) is 24.3 Å². The van der Waals surface area contributed by atoms with E-state index in [4.69, 9.17) is 4.74 Å². The summed E-state index contributed by atoms with van der Waals surface area (Å²) in [5.74, 6) is 0.544. The Morgan fingerprint density at radius 1 is 1.03 bits per heavy atom. The summed E-state index contributed by atoms with van der Waals surface area (Å²) in [7, 11) is -1.37. The lowest BCUT2D eigenvalue weighted by Crippen LogP contribution is -2.47. The number of rotatable bonds is 8. The highest BCUT2D eigenvalue weighted by Gasteiger charge is 2.25. The smallest absolute Gasteiger partial charge is 0.251 e. The van der Waals surface area contributed by atoms with Gasteiger partial charge in [-0.25, -0.2) is 8.42 Å². The van der Waals surface area contributed by atoms with E-state index in [1.165, 1.54) is 0 Å². The molecule has 7 nitrogen and oxygen atoms in total. The maximum Gasteiger partial charge on any atom is 0.251 e. The fraction of sp³-hybridized carbons (Fsp3) is 0.435. The number of carbonyl (C=O) groups excluding carboxylic acids is 1. The lowest BCUT2D eigenvalue weighted by Gasteiger charge is -2.31. The van der Waals surface area contributed by atoms with Crippen molar-refractivity contribution >= 4 is 15.9 Å². The fourth-order valence-corrected chi connectivity index (χ4v) is 5.02. The van der Waals surface area contributed by atoms with Crippen LogP contribution in [-0.4, -0.2) is 63.4 Å². The third-order valence-electron chi connectivity index (χ3n) is 5.46. The predicted octanol–water partition coefficient (Wildman–Crippen LogP) is 2.65. The highest BCUT2D eigenvalue weighted by Crippen LogP contribution is 2.19. The number of amides is 1. The first kappa shape index (κ1) is 23.2. The summed E-state index contributed by atoms with van der Waals surface area (Å²) in [6.45, 7) is 6.98. The summed E-state index contributed by atoms with van der Waals surface area (Å²) in [5.41, 5.74) is 2.15. The number of hydrogen-bond donors (Lipinski definition) is 1. The van der Waals surface area contributed by atoms with Gasteiger partial charge in [0.05, 0.1) is 18.4 Å². The van der Waals surface area contributed by atoms with Gasteiger partial charge >= 0.3 is 0 Å². The van der Waals surface area contributed by atoms with Gasteiger partial charge in [0.1, 0.15) is 5.75 Å². The summed E-state index contributed by atoms with van der Waals surface area (Å²) in [6, 6.07) is 14.2. The molecule has 0 radical (unpaired) electrons. The van der Waals surface area contributed by atoms with Crippen molar-refractivity contribution in [2.75, 3.05) is 39.8 Å². The monoisotopic (exact) mass is 445 g/mol. The molecule has 168 valence electrons. The molecule has 3 rings (SSSR count). The van der Waals surface area contributed by atoms with E-state index in [0.717, 1.165) is 24.4 Å². The molecule has 0 unspecified atom stereocenters. The lowest BCUT2D eigenvalue weighted by atomic mass is 10.1. The molecule has 0 aromatic heterocycles. The Labute approximate surface area is 185 Å². The van der Waals surface area contributed by atoms with Crippen molar-refractivity contribution in [1.82, 2.24) is 14.5 Å². The molecular formula is C23H31N3O4S. The third-order valence-corrected chi connectivity index (χ3v) is 7.31. The maximum absolute atomic E-state index is 12.7. The van der Waals surface area contributed by atoms with Crippen molar-refractivity contribution in [2.24, 2.45) is 0 Å². The van der Waals surface area contributed by atoms with Gasteiger partial charge in [0.25, 0.3) is 5.91 Å². The molecule has 0 aliphatic carbocycles. The molecule has 0 spiro atoms. The topological polar surface area (TPSA) is 78.9 Å². The van der Waals surface area contributed by atoms with E-state index >= 15 is 0 Å². The fourth-order valence-electron chi connectivity index (χ4n) is 3.50. The molecule has 1 aliphatic rings. The molecule has 1 heterocycles. The molecule has 1 amide bonds.